The van der Waals surface area contributed by atoms with E-state index in [1.165, 1.54) is 4.90 Å². The molecule has 0 radical (unpaired) electrons. The molecule has 0 aliphatic carbocycles. The Hall–Kier alpha value is -2.28. The van der Waals surface area contributed by atoms with Crippen LogP contribution in [0.25, 0.3) is 0 Å². The number of hydrogen-bond acceptors (Lipinski definition) is 3. The molecule has 1 fully saturated rings. The maximum Gasteiger partial charge on any atom is 0.227 e. The minimum Gasteiger partial charge on any atom is -0.391 e. The van der Waals surface area contributed by atoms with Crippen molar-refractivity contribution in [1.82, 2.24) is 14.7 Å². The van der Waals surface area contributed by atoms with Gasteiger partial charge in [0.05, 0.1) is 24.3 Å². The molecule has 1 aromatic carbocycles. The van der Waals surface area contributed by atoms with Crippen LogP contribution < -0.4 is 0 Å². The van der Waals surface area contributed by atoms with Gasteiger partial charge in [-0.2, -0.15) is 5.10 Å². The average Bonchev–Trinajstić information content (AvgIpc) is 3.05. The topological polar surface area (TPSA) is 58.4 Å². The van der Waals surface area contributed by atoms with Gasteiger partial charge in [-0.1, -0.05) is 0 Å². The van der Waals surface area contributed by atoms with E-state index in [1.807, 2.05) is 13.8 Å². The van der Waals surface area contributed by atoms with Gasteiger partial charge in [-0.05, 0) is 38.5 Å². The lowest BCUT2D eigenvalue weighted by Crippen LogP contribution is -2.33. The molecule has 25 heavy (non-hydrogen) atoms. The molecule has 2 unspecified atom stereocenters. The summed E-state index contributed by atoms with van der Waals surface area (Å²) in [5, 5.41) is 14.3. The second-order valence-corrected chi connectivity index (χ2v) is 6.57. The summed E-state index contributed by atoms with van der Waals surface area (Å²) in [5.74, 6) is -1.37. The predicted molar refractivity (Wildman–Crippen MR) is 87.8 cm³/mol. The van der Waals surface area contributed by atoms with Gasteiger partial charge in [0.2, 0.25) is 5.91 Å². The van der Waals surface area contributed by atoms with Crippen LogP contribution in [0.15, 0.2) is 18.2 Å². The lowest BCUT2D eigenvalue weighted by atomic mass is 10.0. The summed E-state index contributed by atoms with van der Waals surface area (Å²) in [5.41, 5.74) is 2.58. The Morgan fingerprint density at radius 2 is 2.08 bits per heavy atom. The summed E-state index contributed by atoms with van der Waals surface area (Å²) in [4.78, 5) is 14.3. The first kappa shape index (κ1) is 17.5. The molecule has 3 rings (SSSR count). The highest BCUT2D eigenvalue weighted by Gasteiger charge is 2.37. The second-order valence-electron chi connectivity index (χ2n) is 6.57. The molecule has 1 aliphatic rings. The molecule has 5 nitrogen and oxygen atoms in total. The van der Waals surface area contributed by atoms with Gasteiger partial charge in [-0.15, -0.1) is 0 Å². The molecule has 0 bridgehead atoms. The number of nitrogens with zero attached hydrogens (tertiary/aromatic N) is 3. The average molecular weight is 349 g/mol. The molecule has 1 aromatic heterocycles. The van der Waals surface area contributed by atoms with E-state index in [0.717, 1.165) is 35.2 Å². The summed E-state index contributed by atoms with van der Waals surface area (Å²) in [6.45, 7) is 3.82. The number of amides is 1. The molecule has 1 saturated heterocycles. The Bertz CT molecular complexity index is 819. The van der Waals surface area contributed by atoms with Crippen LogP contribution in [-0.2, 0) is 18.3 Å². The van der Waals surface area contributed by atoms with Gasteiger partial charge in [0.15, 0.2) is 0 Å². The lowest BCUT2D eigenvalue weighted by molar-refractivity contribution is -0.131. The van der Waals surface area contributed by atoms with Crippen molar-refractivity contribution in [2.24, 2.45) is 7.05 Å². The maximum absolute atomic E-state index is 14.1. The van der Waals surface area contributed by atoms with E-state index in [1.54, 1.807) is 11.7 Å². The summed E-state index contributed by atoms with van der Waals surface area (Å²) in [6, 6.07) is 2.51. The number of aliphatic hydroxyl groups is 1. The number of benzene rings is 1. The van der Waals surface area contributed by atoms with E-state index in [4.69, 9.17) is 0 Å². The maximum atomic E-state index is 14.1. The molecule has 1 amide bonds. The number of β-amino-alcohol motifs (C(OH)–C–C–N with tert-alkyl or cyclic N) is 1. The van der Waals surface area contributed by atoms with E-state index in [9.17, 15) is 18.7 Å². The number of hydrogen-bond donors (Lipinski definition) is 1. The number of aryl methyl sites for hydroxylation is 2. The molecule has 0 saturated carbocycles. The van der Waals surface area contributed by atoms with Gasteiger partial charge in [0.1, 0.15) is 11.6 Å². The fourth-order valence-electron chi connectivity index (χ4n) is 3.48. The van der Waals surface area contributed by atoms with Gasteiger partial charge in [-0.3, -0.25) is 9.48 Å². The molecule has 2 atom stereocenters. The van der Waals surface area contributed by atoms with Gasteiger partial charge < -0.3 is 10.0 Å². The van der Waals surface area contributed by atoms with Crippen LogP contribution in [0.3, 0.4) is 0 Å². The number of carbonyl (C=O) groups excluding carboxylic acids is 1. The Labute approximate surface area is 144 Å². The van der Waals surface area contributed by atoms with Crippen LogP contribution in [0.2, 0.25) is 0 Å². The normalized spacial score (nSPS) is 20.3. The van der Waals surface area contributed by atoms with Crippen LogP contribution in [0, 0.1) is 25.5 Å². The molecule has 0 spiro atoms. The number of halogens is 2. The molecule has 2 heterocycles. The smallest absolute Gasteiger partial charge is 0.227 e. The third kappa shape index (κ3) is 3.28. The van der Waals surface area contributed by atoms with Crippen LogP contribution in [0.4, 0.5) is 8.78 Å². The largest absolute Gasteiger partial charge is 0.391 e. The third-order valence-corrected chi connectivity index (χ3v) is 4.90. The molecule has 1 aliphatic heterocycles. The molecular weight excluding hydrogens is 328 g/mol. The SMILES string of the molecule is Cc1nn(C)c(C)c1CC(=O)N1CC(O)CC1c1cc(F)ccc1F. The fourth-order valence-corrected chi connectivity index (χ4v) is 3.48. The van der Waals surface area contributed by atoms with Gasteiger partial charge in [-0.25, -0.2) is 8.78 Å². The number of aliphatic hydroxyl groups excluding tert-OH is 1. The van der Waals surface area contributed by atoms with Gasteiger partial charge in [0, 0.05) is 30.4 Å². The van der Waals surface area contributed by atoms with Gasteiger partial charge >= 0.3 is 0 Å². The molecule has 134 valence electrons. The van der Waals surface area contributed by atoms with Crippen LogP contribution in [-0.4, -0.2) is 38.3 Å². The molecule has 1 N–H and O–H groups in total. The monoisotopic (exact) mass is 349 g/mol. The van der Waals surface area contributed by atoms with Crippen molar-refractivity contribution in [3.8, 4) is 0 Å². The second kappa shape index (κ2) is 6.55. The van der Waals surface area contributed by atoms with Crippen molar-refractivity contribution >= 4 is 5.91 Å². The predicted octanol–water partition coefficient (Wildman–Crippen LogP) is 2.19. The summed E-state index contributed by atoms with van der Waals surface area (Å²) < 4.78 is 29.4. The fraction of sp³-hybridized carbons (Fsp3) is 0.444. The highest BCUT2D eigenvalue weighted by Crippen LogP contribution is 2.34. The Kier molecular flexibility index (Phi) is 4.60. The number of aromatic nitrogens is 2. The van der Waals surface area contributed by atoms with Crippen LogP contribution in [0.5, 0.6) is 0 Å². The lowest BCUT2D eigenvalue weighted by Gasteiger charge is -2.25. The van der Waals surface area contributed by atoms with Crippen LogP contribution >= 0.6 is 0 Å². The zero-order valence-electron chi connectivity index (χ0n) is 14.5. The van der Waals surface area contributed by atoms with Crippen molar-refractivity contribution in [3.63, 3.8) is 0 Å². The first-order valence-electron chi connectivity index (χ1n) is 8.19. The van der Waals surface area contributed by atoms with Crippen molar-refractivity contribution in [2.45, 2.75) is 38.8 Å². The first-order chi connectivity index (χ1) is 11.8. The quantitative estimate of drug-likeness (QED) is 0.924. The Morgan fingerprint density at radius 3 is 2.72 bits per heavy atom. The molecular formula is C18H21F2N3O2. The van der Waals surface area contributed by atoms with E-state index >= 15 is 0 Å². The third-order valence-electron chi connectivity index (χ3n) is 4.90. The van der Waals surface area contributed by atoms with Crippen LogP contribution in [0.1, 0.15) is 35.0 Å². The van der Waals surface area contributed by atoms with Crippen molar-refractivity contribution in [3.05, 3.63) is 52.3 Å². The summed E-state index contributed by atoms with van der Waals surface area (Å²) in [7, 11) is 1.81. The van der Waals surface area contributed by atoms with E-state index in [2.05, 4.69) is 5.10 Å². The Balaban J connectivity index is 1.89. The first-order valence-corrected chi connectivity index (χ1v) is 8.19. The number of likely N-dealkylation sites (tertiary alicyclic amines) is 1. The van der Waals surface area contributed by atoms with Crippen molar-refractivity contribution < 1.29 is 18.7 Å². The zero-order chi connectivity index (χ0) is 18.3. The minimum absolute atomic E-state index is 0.101. The summed E-state index contributed by atoms with van der Waals surface area (Å²) in [6.07, 6.45) is -0.448. The minimum atomic E-state index is -0.757. The molecule has 2 aromatic rings. The van der Waals surface area contributed by atoms with Gasteiger partial charge in [0.25, 0.3) is 0 Å². The number of carbonyl (C=O) groups is 1. The van der Waals surface area contributed by atoms with E-state index in [0.29, 0.717) is 0 Å². The van der Waals surface area contributed by atoms with E-state index < -0.39 is 23.8 Å². The number of rotatable bonds is 3. The van der Waals surface area contributed by atoms with Crippen molar-refractivity contribution in [2.75, 3.05) is 6.54 Å². The highest BCUT2D eigenvalue weighted by molar-refractivity contribution is 5.80. The molecule has 7 heteroatoms. The summed E-state index contributed by atoms with van der Waals surface area (Å²) >= 11 is 0. The van der Waals surface area contributed by atoms with Crippen molar-refractivity contribution in [1.29, 1.82) is 0 Å². The Morgan fingerprint density at radius 1 is 1.36 bits per heavy atom. The standard InChI is InChI=1S/C18H21F2N3O2/c1-10-14(11(2)22(3)21-10)8-18(25)23-9-13(24)7-17(23)15-6-12(19)4-5-16(15)20/h4-6,13,17,24H,7-9H2,1-3H3. The zero-order valence-corrected chi connectivity index (χ0v) is 14.5. The highest BCUT2D eigenvalue weighted by atomic mass is 19.1. The van der Waals surface area contributed by atoms with E-state index in [-0.39, 0.29) is 30.9 Å².